The topological polar surface area (TPSA) is 42.0 Å². The van der Waals surface area contributed by atoms with Crippen molar-refractivity contribution in [1.29, 1.82) is 0 Å². The average Bonchev–Trinajstić information content (AvgIpc) is 2.29. The van der Waals surface area contributed by atoms with Gasteiger partial charge >= 0.3 is 6.09 Å². The first-order chi connectivity index (χ1) is 8.24. The molecule has 4 heterocycles. The van der Waals surface area contributed by atoms with Crippen LogP contribution in [0.25, 0.3) is 0 Å². The minimum absolute atomic E-state index is 0.0651. The van der Waals surface area contributed by atoms with Crippen molar-refractivity contribution in [2.24, 2.45) is 0 Å². The molecule has 2 unspecified atom stereocenters. The highest BCUT2D eigenvalue weighted by atomic mass is 16.6. The molecule has 17 heavy (non-hydrogen) atoms. The van der Waals surface area contributed by atoms with E-state index in [0.717, 1.165) is 32.4 Å². The third-order valence-electron chi connectivity index (χ3n) is 4.02. The van der Waals surface area contributed by atoms with Crippen LogP contribution in [0.4, 0.5) is 4.79 Å². The van der Waals surface area contributed by atoms with Gasteiger partial charge in [0.2, 0.25) is 0 Å². The molecule has 96 valence electrons. The average molecular weight is 240 g/mol. The van der Waals surface area contributed by atoms with Crippen LogP contribution in [0.1, 0.15) is 19.3 Å². The predicted octanol–water partition coefficient (Wildman–Crippen LogP) is 0.690. The monoisotopic (exact) mass is 240 g/mol. The molecular weight excluding hydrogens is 220 g/mol. The Kier molecular flexibility index (Phi) is 2.96. The van der Waals surface area contributed by atoms with E-state index in [9.17, 15) is 4.79 Å². The molecule has 0 spiro atoms. The molecule has 0 aromatic carbocycles. The van der Waals surface area contributed by atoms with E-state index in [4.69, 9.17) is 9.47 Å². The van der Waals surface area contributed by atoms with E-state index >= 15 is 0 Å². The molecule has 0 N–H and O–H groups in total. The van der Waals surface area contributed by atoms with E-state index in [1.807, 2.05) is 4.90 Å². The van der Waals surface area contributed by atoms with Gasteiger partial charge in [0.1, 0.15) is 6.10 Å². The lowest BCUT2D eigenvalue weighted by molar-refractivity contribution is -0.0727. The Bertz CT molecular complexity index is 292. The fourth-order valence-corrected chi connectivity index (χ4v) is 3.12. The zero-order chi connectivity index (χ0) is 11.8. The van der Waals surface area contributed by atoms with Crippen LogP contribution < -0.4 is 0 Å². The Morgan fingerprint density at radius 2 is 1.88 bits per heavy atom. The van der Waals surface area contributed by atoms with Crippen molar-refractivity contribution in [2.75, 3.05) is 33.4 Å². The summed E-state index contributed by atoms with van der Waals surface area (Å²) in [5, 5.41) is 0. The molecule has 4 saturated heterocycles. The smallest absolute Gasteiger partial charge is 0.410 e. The van der Waals surface area contributed by atoms with Gasteiger partial charge < -0.3 is 14.4 Å². The number of ether oxygens (including phenoxy) is 2. The number of piperazine rings is 1. The lowest BCUT2D eigenvalue weighted by Gasteiger charge is -2.54. The molecule has 2 atom stereocenters. The van der Waals surface area contributed by atoms with Gasteiger partial charge in [-0.1, -0.05) is 0 Å². The number of likely N-dealkylation sites (N-methyl/N-ethyl adjacent to an activating group) is 1. The zero-order valence-electron chi connectivity index (χ0n) is 10.3. The summed E-state index contributed by atoms with van der Waals surface area (Å²) < 4.78 is 10.8. The first kappa shape index (κ1) is 11.3. The fraction of sp³-hybridized carbons (Fsp3) is 0.917. The molecule has 5 heteroatoms. The number of amides is 1. The van der Waals surface area contributed by atoms with Crippen molar-refractivity contribution in [1.82, 2.24) is 9.80 Å². The summed E-state index contributed by atoms with van der Waals surface area (Å²) in [5.41, 5.74) is 0. The van der Waals surface area contributed by atoms with E-state index < -0.39 is 0 Å². The van der Waals surface area contributed by atoms with Gasteiger partial charge in [0.25, 0.3) is 0 Å². The van der Waals surface area contributed by atoms with E-state index in [1.165, 1.54) is 0 Å². The van der Waals surface area contributed by atoms with Gasteiger partial charge in [0.15, 0.2) is 0 Å². The van der Waals surface area contributed by atoms with Crippen LogP contribution in [0.3, 0.4) is 0 Å². The summed E-state index contributed by atoms with van der Waals surface area (Å²) >= 11 is 0. The number of carbonyl (C=O) groups excluding carboxylic acids is 1. The van der Waals surface area contributed by atoms with Crippen LogP contribution in [0.15, 0.2) is 0 Å². The second-order valence-corrected chi connectivity index (χ2v) is 5.37. The summed E-state index contributed by atoms with van der Waals surface area (Å²) in [6.45, 7) is 3.40. The van der Waals surface area contributed by atoms with Gasteiger partial charge in [-0.25, -0.2) is 4.79 Å². The maximum absolute atomic E-state index is 12.1. The van der Waals surface area contributed by atoms with Gasteiger partial charge in [-0.05, 0) is 13.5 Å². The number of rotatable bonds is 1. The number of fused-ring (bicyclic) bond motifs is 2. The maximum Gasteiger partial charge on any atom is 0.410 e. The Morgan fingerprint density at radius 3 is 2.53 bits per heavy atom. The normalized spacial score (nSPS) is 34.3. The molecule has 1 amide bonds. The van der Waals surface area contributed by atoms with Crippen molar-refractivity contribution < 1.29 is 14.3 Å². The van der Waals surface area contributed by atoms with Crippen molar-refractivity contribution in [3.63, 3.8) is 0 Å². The molecule has 0 aliphatic carbocycles. The predicted molar refractivity (Wildman–Crippen MR) is 61.9 cm³/mol. The summed E-state index contributed by atoms with van der Waals surface area (Å²) in [6, 6.07) is 0.761. The lowest BCUT2D eigenvalue weighted by atomic mass is 9.88. The number of carbonyl (C=O) groups is 1. The molecule has 0 aromatic rings. The number of piperidine rings is 1. The quantitative estimate of drug-likeness (QED) is 0.676. The minimum atomic E-state index is -0.105. The van der Waals surface area contributed by atoms with Crippen molar-refractivity contribution in [3.8, 4) is 0 Å². The molecule has 4 aliphatic heterocycles. The van der Waals surface area contributed by atoms with Gasteiger partial charge in [0.05, 0.1) is 25.3 Å². The van der Waals surface area contributed by atoms with Crippen LogP contribution in [0, 0.1) is 0 Å². The van der Waals surface area contributed by atoms with E-state index in [2.05, 4.69) is 11.9 Å². The third-order valence-corrected chi connectivity index (χ3v) is 4.02. The van der Waals surface area contributed by atoms with Gasteiger partial charge in [0, 0.05) is 25.9 Å². The SMILES string of the molecule is CN1CC2CC(C1)N2C(=O)OC1CCOCC1. The van der Waals surface area contributed by atoms with Crippen LogP contribution in [-0.2, 0) is 9.47 Å². The summed E-state index contributed by atoms with van der Waals surface area (Å²) in [4.78, 5) is 16.3. The Labute approximate surface area is 102 Å². The third kappa shape index (κ3) is 2.13. The molecule has 0 saturated carbocycles. The van der Waals surface area contributed by atoms with E-state index in [-0.39, 0.29) is 12.2 Å². The minimum Gasteiger partial charge on any atom is -0.446 e. The Morgan fingerprint density at radius 1 is 1.24 bits per heavy atom. The molecule has 0 radical (unpaired) electrons. The van der Waals surface area contributed by atoms with Crippen molar-refractivity contribution in [2.45, 2.75) is 37.5 Å². The highest BCUT2D eigenvalue weighted by Crippen LogP contribution is 2.32. The standard InChI is InChI=1S/C12H20N2O3/c1-13-7-9-6-10(8-13)14(9)12(15)17-11-2-4-16-5-3-11/h9-11H,2-8H2,1H3. The van der Waals surface area contributed by atoms with Crippen molar-refractivity contribution >= 4 is 6.09 Å². The van der Waals surface area contributed by atoms with Crippen molar-refractivity contribution in [3.05, 3.63) is 0 Å². The van der Waals surface area contributed by atoms with Gasteiger partial charge in [-0.2, -0.15) is 0 Å². The second kappa shape index (κ2) is 4.46. The Hall–Kier alpha value is -0.810. The number of hydrogen-bond donors (Lipinski definition) is 0. The maximum atomic E-state index is 12.1. The largest absolute Gasteiger partial charge is 0.446 e. The number of nitrogens with zero attached hydrogens (tertiary/aromatic N) is 2. The molecule has 5 nitrogen and oxygen atoms in total. The molecule has 4 rings (SSSR count). The fourth-order valence-electron chi connectivity index (χ4n) is 3.12. The van der Waals surface area contributed by atoms with Crippen LogP contribution >= 0.6 is 0 Å². The van der Waals surface area contributed by atoms with Gasteiger partial charge in [-0.15, -0.1) is 0 Å². The second-order valence-electron chi connectivity index (χ2n) is 5.37. The lowest BCUT2D eigenvalue weighted by Crippen LogP contribution is -2.69. The summed E-state index contributed by atoms with van der Waals surface area (Å²) in [7, 11) is 2.11. The molecule has 0 aromatic heterocycles. The summed E-state index contributed by atoms with van der Waals surface area (Å²) in [6.07, 6.45) is 2.79. The molecule has 2 bridgehead atoms. The van der Waals surface area contributed by atoms with Crippen LogP contribution in [-0.4, -0.2) is 67.4 Å². The highest BCUT2D eigenvalue weighted by molar-refractivity contribution is 5.70. The first-order valence-electron chi connectivity index (χ1n) is 6.49. The number of hydrogen-bond acceptors (Lipinski definition) is 4. The molecule has 4 fully saturated rings. The van der Waals surface area contributed by atoms with E-state index in [0.29, 0.717) is 25.3 Å². The van der Waals surface area contributed by atoms with Crippen LogP contribution in [0.5, 0.6) is 0 Å². The highest BCUT2D eigenvalue weighted by Gasteiger charge is 2.47. The summed E-state index contributed by atoms with van der Waals surface area (Å²) in [5.74, 6) is 0. The van der Waals surface area contributed by atoms with Crippen LogP contribution in [0.2, 0.25) is 0 Å². The zero-order valence-corrected chi connectivity index (χ0v) is 10.3. The Balaban J connectivity index is 1.53. The van der Waals surface area contributed by atoms with E-state index in [1.54, 1.807) is 0 Å². The first-order valence-corrected chi connectivity index (χ1v) is 6.49. The molecule has 4 aliphatic rings. The van der Waals surface area contributed by atoms with Gasteiger partial charge in [-0.3, -0.25) is 4.90 Å². The molecular formula is C12H20N2O3.